The Morgan fingerprint density at radius 3 is 2.35 bits per heavy atom. The molecule has 190 valence electrons. The van der Waals surface area contributed by atoms with Gasteiger partial charge < -0.3 is 10.6 Å². The fourth-order valence-corrected chi connectivity index (χ4v) is 5.27. The molecule has 5 rings (SSSR count). The van der Waals surface area contributed by atoms with Gasteiger partial charge in [0.05, 0.1) is 11.3 Å². The minimum Gasteiger partial charge on any atom is -0.383 e. The fourth-order valence-electron chi connectivity index (χ4n) is 5.27. The molecule has 0 spiro atoms. The average molecular weight is 481 g/mol. The summed E-state index contributed by atoms with van der Waals surface area (Å²) < 4.78 is 39.9. The van der Waals surface area contributed by atoms with Gasteiger partial charge in [0.25, 0.3) is 0 Å². The van der Waals surface area contributed by atoms with E-state index in [4.69, 9.17) is 5.73 Å². The standard InChI is InChI=1S/C12H13F3N4.C12H22N2.CH4/c1-7(2)19-4-3-10(18-19)8-5-9(12(13,14)15)11(16)17-6-8;1-9-8-13(2)3-4-14(9)12-6-10-5-11(10)7-12;/h3-7H,1-2H3,(H2,16,17);9-12H,3-8H2,1-2H3;1H4. The SMILES string of the molecule is C.CC(C)n1ccc(-c2cnc(N)c(C(F)(F)F)c2)n1.CC1CN(C)CCN1C1CC2CC2C1. The van der Waals surface area contributed by atoms with Gasteiger partial charge >= 0.3 is 6.18 Å². The first-order valence-corrected chi connectivity index (χ1v) is 11.9. The summed E-state index contributed by atoms with van der Waals surface area (Å²) in [5.41, 5.74) is 5.04. The van der Waals surface area contributed by atoms with Crippen LogP contribution in [-0.4, -0.2) is 63.3 Å². The molecule has 3 fully saturated rings. The molecule has 3 unspecified atom stereocenters. The van der Waals surface area contributed by atoms with Crippen LogP contribution in [0.3, 0.4) is 0 Å². The molecule has 2 aromatic rings. The zero-order valence-corrected chi connectivity index (χ0v) is 19.9. The highest BCUT2D eigenvalue weighted by Crippen LogP contribution is 2.53. The van der Waals surface area contributed by atoms with E-state index in [1.54, 1.807) is 23.4 Å². The molecule has 3 aliphatic rings. The van der Waals surface area contributed by atoms with Crippen molar-refractivity contribution in [2.45, 2.75) is 71.8 Å². The number of rotatable bonds is 3. The van der Waals surface area contributed by atoms with Gasteiger partial charge in [-0.05, 0) is 71.0 Å². The Kier molecular flexibility index (Phi) is 7.97. The average Bonchev–Trinajstić information content (AvgIpc) is 3.13. The van der Waals surface area contributed by atoms with E-state index < -0.39 is 17.6 Å². The van der Waals surface area contributed by atoms with Crippen LogP contribution >= 0.6 is 0 Å². The Balaban J connectivity index is 0.000000192. The molecular weight excluding hydrogens is 441 g/mol. The minimum atomic E-state index is -4.52. The second-order valence-corrected chi connectivity index (χ2v) is 10.2. The largest absolute Gasteiger partial charge is 0.419 e. The van der Waals surface area contributed by atoms with Crippen molar-refractivity contribution < 1.29 is 13.2 Å². The molecule has 0 bridgehead atoms. The number of aromatic nitrogens is 3. The van der Waals surface area contributed by atoms with E-state index in [1.165, 1.54) is 38.7 Å². The predicted molar refractivity (Wildman–Crippen MR) is 130 cm³/mol. The molecule has 1 aliphatic heterocycles. The third kappa shape index (κ3) is 5.92. The lowest BCUT2D eigenvalue weighted by atomic mass is 10.1. The molecule has 9 heteroatoms. The lowest BCUT2D eigenvalue weighted by molar-refractivity contribution is -0.137. The summed E-state index contributed by atoms with van der Waals surface area (Å²) in [4.78, 5) is 8.84. The summed E-state index contributed by atoms with van der Waals surface area (Å²) in [7, 11) is 2.25. The normalized spacial score (nSPS) is 27.1. The van der Waals surface area contributed by atoms with Crippen LogP contribution in [0.5, 0.6) is 0 Å². The van der Waals surface area contributed by atoms with Crippen molar-refractivity contribution in [3.63, 3.8) is 0 Å². The molecule has 2 saturated carbocycles. The van der Waals surface area contributed by atoms with E-state index in [9.17, 15) is 13.2 Å². The van der Waals surface area contributed by atoms with Crippen molar-refractivity contribution in [2.75, 3.05) is 32.4 Å². The van der Waals surface area contributed by atoms with Crippen LogP contribution in [0.15, 0.2) is 24.5 Å². The number of pyridine rings is 1. The molecule has 2 aliphatic carbocycles. The zero-order valence-electron chi connectivity index (χ0n) is 19.9. The third-order valence-corrected chi connectivity index (χ3v) is 7.23. The van der Waals surface area contributed by atoms with E-state index in [-0.39, 0.29) is 13.5 Å². The zero-order chi connectivity index (χ0) is 23.9. The van der Waals surface area contributed by atoms with Crippen LogP contribution in [0.1, 0.15) is 59.1 Å². The van der Waals surface area contributed by atoms with Crippen molar-refractivity contribution in [1.29, 1.82) is 0 Å². The van der Waals surface area contributed by atoms with Gasteiger partial charge in [-0.25, -0.2) is 4.98 Å². The number of nitrogens with zero attached hydrogens (tertiary/aromatic N) is 5. The quantitative estimate of drug-likeness (QED) is 0.656. The summed E-state index contributed by atoms with van der Waals surface area (Å²) >= 11 is 0. The summed E-state index contributed by atoms with van der Waals surface area (Å²) in [6.45, 7) is 10.1. The summed E-state index contributed by atoms with van der Waals surface area (Å²) in [6, 6.07) is 4.49. The number of nitrogens with two attached hydrogens (primary N) is 1. The van der Waals surface area contributed by atoms with Crippen molar-refractivity contribution >= 4 is 5.82 Å². The van der Waals surface area contributed by atoms with Crippen LogP contribution in [-0.2, 0) is 6.18 Å². The molecule has 3 atom stereocenters. The lowest BCUT2D eigenvalue weighted by Crippen LogP contribution is -2.53. The highest BCUT2D eigenvalue weighted by Gasteiger charge is 2.48. The van der Waals surface area contributed by atoms with Gasteiger partial charge in [0, 0.05) is 55.7 Å². The van der Waals surface area contributed by atoms with Gasteiger partial charge in [-0.15, -0.1) is 0 Å². The molecule has 0 aromatic carbocycles. The van der Waals surface area contributed by atoms with Crippen molar-refractivity contribution in [3.05, 3.63) is 30.1 Å². The minimum absolute atomic E-state index is 0. The van der Waals surface area contributed by atoms with Gasteiger partial charge in [-0.2, -0.15) is 18.3 Å². The maximum atomic E-state index is 12.7. The van der Waals surface area contributed by atoms with Gasteiger partial charge in [0.2, 0.25) is 0 Å². The summed E-state index contributed by atoms with van der Waals surface area (Å²) in [6.07, 6.45) is 3.06. The maximum Gasteiger partial charge on any atom is 0.419 e. The topological polar surface area (TPSA) is 63.2 Å². The van der Waals surface area contributed by atoms with Crippen molar-refractivity contribution in [1.82, 2.24) is 24.6 Å². The second-order valence-electron chi connectivity index (χ2n) is 10.2. The van der Waals surface area contributed by atoms with E-state index in [2.05, 4.69) is 33.9 Å². The van der Waals surface area contributed by atoms with Crippen molar-refractivity contribution in [2.24, 2.45) is 11.8 Å². The van der Waals surface area contributed by atoms with E-state index in [1.807, 2.05) is 13.8 Å². The number of anilines is 1. The number of nitrogen functional groups attached to an aromatic ring is 1. The summed E-state index contributed by atoms with van der Waals surface area (Å²) in [5.74, 6) is 1.73. The number of hydrogen-bond acceptors (Lipinski definition) is 5. The number of alkyl halides is 3. The first-order valence-electron chi connectivity index (χ1n) is 11.9. The van der Waals surface area contributed by atoms with E-state index in [0.717, 1.165) is 30.0 Å². The molecule has 6 nitrogen and oxygen atoms in total. The van der Waals surface area contributed by atoms with Crippen LogP contribution in [0.2, 0.25) is 0 Å². The molecular formula is C25H39F3N6. The monoisotopic (exact) mass is 480 g/mol. The Labute approximate surface area is 201 Å². The number of likely N-dealkylation sites (N-methyl/N-ethyl adjacent to an activating group) is 1. The molecule has 0 amide bonds. The first-order chi connectivity index (χ1) is 15.5. The van der Waals surface area contributed by atoms with Crippen LogP contribution in [0.4, 0.5) is 19.0 Å². The summed E-state index contributed by atoms with van der Waals surface area (Å²) in [5, 5.41) is 4.20. The predicted octanol–water partition coefficient (Wildman–Crippen LogP) is 5.18. The first kappa shape index (κ1) is 26.5. The van der Waals surface area contributed by atoms with Gasteiger partial charge in [0.1, 0.15) is 5.82 Å². The molecule has 3 heterocycles. The Bertz CT molecular complexity index is 946. The second kappa shape index (κ2) is 10.2. The van der Waals surface area contributed by atoms with Crippen LogP contribution < -0.4 is 5.73 Å². The number of hydrogen-bond donors (Lipinski definition) is 1. The molecule has 2 N–H and O–H groups in total. The van der Waals surface area contributed by atoms with E-state index >= 15 is 0 Å². The maximum absolute atomic E-state index is 12.7. The van der Waals surface area contributed by atoms with Gasteiger partial charge in [0.15, 0.2) is 0 Å². The van der Waals surface area contributed by atoms with Gasteiger partial charge in [-0.3, -0.25) is 9.58 Å². The third-order valence-electron chi connectivity index (χ3n) is 7.23. The smallest absolute Gasteiger partial charge is 0.383 e. The number of piperazine rings is 1. The molecule has 1 saturated heterocycles. The Morgan fingerprint density at radius 2 is 1.79 bits per heavy atom. The fraction of sp³-hybridized carbons (Fsp3) is 0.680. The molecule has 2 aromatic heterocycles. The molecule has 0 radical (unpaired) electrons. The van der Waals surface area contributed by atoms with Crippen LogP contribution in [0, 0.1) is 11.8 Å². The number of fused-ring (bicyclic) bond motifs is 1. The highest BCUT2D eigenvalue weighted by atomic mass is 19.4. The van der Waals surface area contributed by atoms with Crippen molar-refractivity contribution in [3.8, 4) is 11.3 Å². The van der Waals surface area contributed by atoms with Crippen LogP contribution in [0.25, 0.3) is 11.3 Å². The molecule has 34 heavy (non-hydrogen) atoms. The number of halogens is 3. The Hall–Kier alpha value is -2.13. The Morgan fingerprint density at radius 1 is 1.12 bits per heavy atom. The van der Waals surface area contributed by atoms with E-state index in [0.29, 0.717) is 11.3 Å². The highest BCUT2D eigenvalue weighted by molar-refractivity contribution is 5.61. The lowest BCUT2D eigenvalue weighted by Gasteiger charge is -2.42. The van der Waals surface area contributed by atoms with Gasteiger partial charge in [-0.1, -0.05) is 7.43 Å².